The molecule has 1 aliphatic carbocycles. The van der Waals surface area contributed by atoms with E-state index in [0.29, 0.717) is 12.3 Å². The molecule has 1 nitrogen and oxygen atoms in total. The summed E-state index contributed by atoms with van der Waals surface area (Å²) in [5.74, 6) is 0.519. The molecule has 1 heterocycles. The van der Waals surface area contributed by atoms with Crippen LogP contribution in [0.2, 0.25) is 0 Å². The first-order valence-electron chi connectivity index (χ1n) is 5.49. The minimum absolute atomic E-state index is 0.0628. The molecule has 0 N–H and O–H groups in total. The fraction of sp³-hybridized carbons (Fsp3) is 0.462. The summed E-state index contributed by atoms with van der Waals surface area (Å²) in [5, 5.41) is 0. The fourth-order valence-electron chi connectivity index (χ4n) is 2.13. The molecule has 0 saturated carbocycles. The molecule has 2 rings (SSSR count). The second-order valence-corrected chi connectivity index (χ2v) is 4.30. The van der Waals surface area contributed by atoms with Crippen molar-refractivity contribution < 1.29 is 4.39 Å². The molecule has 1 unspecified atom stereocenters. The molecular weight excluding hydrogens is 189 g/mol. The number of halogens is 1. The maximum atomic E-state index is 13.1. The topological polar surface area (TPSA) is 12.9 Å². The Labute approximate surface area is 90.0 Å². The maximum absolute atomic E-state index is 13.1. The molecule has 1 atom stereocenters. The van der Waals surface area contributed by atoms with Crippen molar-refractivity contribution in [2.75, 3.05) is 0 Å². The van der Waals surface area contributed by atoms with E-state index in [1.807, 2.05) is 12.3 Å². The van der Waals surface area contributed by atoms with Crippen molar-refractivity contribution in [1.29, 1.82) is 0 Å². The van der Waals surface area contributed by atoms with Gasteiger partial charge in [0.05, 0.1) is 5.83 Å². The Kier molecular flexibility index (Phi) is 3.14. The van der Waals surface area contributed by atoms with Crippen molar-refractivity contribution in [3.8, 4) is 0 Å². The van der Waals surface area contributed by atoms with Gasteiger partial charge in [-0.2, -0.15) is 0 Å². The number of aromatic nitrogens is 1. The molecule has 0 radical (unpaired) electrons. The molecule has 1 aromatic rings. The molecule has 15 heavy (non-hydrogen) atoms. The quantitative estimate of drug-likeness (QED) is 0.719. The summed E-state index contributed by atoms with van der Waals surface area (Å²) in [6.07, 6.45) is 8.98. The Morgan fingerprint density at radius 3 is 3.13 bits per heavy atom. The first-order chi connectivity index (χ1) is 7.25. The zero-order valence-electron chi connectivity index (χ0n) is 9.04. The minimum Gasteiger partial charge on any atom is -0.264 e. The van der Waals surface area contributed by atoms with E-state index in [0.717, 1.165) is 19.3 Å². The third-order valence-corrected chi connectivity index (χ3v) is 3.08. The van der Waals surface area contributed by atoms with Crippen LogP contribution in [0.4, 0.5) is 4.39 Å². The van der Waals surface area contributed by atoms with Gasteiger partial charge in [0.2, 0.25) is 0 Å². The highest BCUT2D eigenvalue weighted by Gasteiger charge is 2.16. The molecule has 0 bridgehead atoms. The number of hydrogen-bond acceptors (Lipinski definition) is 1. The van der Waals surface area contributed by atoms with Gasteiger partial charge in [-0.25, -0.2) is 4.39 Å². The standard InChI is InChI=1S/C13H16FN/c1-10-5-6-15-9-12(10)7-11-3-2-4-13(14)8-11/h4-6,9,11H,2-3,7-8H2,1H3. The zero-order chi connectivity index (χ0) is 10.7. The highest BCUT2D eigenvalue weighted by atomic mass is 19.1. The SMILES string of the molecule is Cc1ccncc1CC1CCC=C(F)C1. The van der Waals surface area contributed by atoms with Crippen LogP contribution >= 0.6 is 0 Å². The van der Waals surface area contributed by atoms with Crippen molar-refractivity contribution in [3.63, 3.8) is 0 Å². The number of hydrogen-bond donors (Lipinski definition) is 0. The number of allylic oxidation sites excluding steroid dienone is 2. The average Bonchev–Trinajstić information content (AvgIpc) is 2.22. The van der Waals surface area contributed by atoms with Crippen molar-refractivity contribution in [1.82, 2.24) is 4.98 Å². The minimum atomic E-state index is 0.0628. The van der Waals surface area contributed by atoms with Crippen LogP contribution in [0.1, 0.15) is 30.4 Å². The summed E-state index contributed by atoms with van der Waals surface area (Å²) in [4.78, 5) is 4.12. The third kappa shape index (κ3) is 2.65. The maximum Gasteiger partial charge on any atom is 0.0962 e. The highest BCUT2D eigenvalue weighted by molar-refractivity contribution is 5.22. The molecule has 1 aliphatic rings. The molecule has 0 fully saturated rings. The van der Waals surface area contributed by atoms with Gasteiger partial charge in [-0.1, -0.05) is 6.08 Å². The first kappa shape index (κ1) is 10.3. The summed E-state index contributed by atoms with van der Waals surface area (Å²) in [5.41, 5.74) is 2.53. The van der Waals surface area contributed by atoms with Gasteiger partial charge in [-0.05, 0) is 49.3 Å². The van der Waals surface area contributed by atoms with E-state index in [1.54, 1.807) is 12.3 Å². The van der Waals surface area contributed by atoms with Gasteiger partial charge in [-0.15, -0.1) is 0 Å². The first-order valence-corrected chi connectivity index (χ1v) is 5.49. The Hall–Kier alpha value is -1.18. The van der Waals surface area contributed by atoms with Crippen molar-refractivity contribution in [3.05, 3.63) is 41.5 Å². The highest BCUT2D eigenvalue weighted by Crippen LogP contribution is 2.28. The number of pyridine rings is 1. The van der Waals surface area contributed by atoms with Gasteiger partial charge in [-0.3, -0.25) is 4.98 Å². The van der Waals surface area contributed by atoms with Crippen LogP contribution in [-0.4, -0.2) is 4.98 Å². The summed E-state index contributed by atoms with van der Waals surface area (Å²) in [6.45, 7) is 2.09. The van der Waals surface area contributed by atoms with Crippen LogP contribution in [0.15, 0.2) is 30.4 Å². The lowest BCUT2D eigenvalue weighted by molar-refractivity contribution is 0.405. The van der Waals surface area contributed by atoms with Crippen LogP contribution in [0, 0.1) is 12.8 Å². The predicted molar refractivity (Wildman–Crippen MR) is 59.2 cm³/mol. The monoisotopic (exact) mass is 205 g/mol. The van der Waals surface area contributed by atoms with E-state index >= 15 is 0 Å². The van der Waals surface area contributed by atoms with Crippen molar-refractivity contribution >= 4 is 0 Å². The Morgan fingerprint density at radius 2 is 2.40 bits per heavy atom. The van der Waals surface area contributed by atoms with Crippen LogP contribution in [0.3, 0.4) is 0 Å². The number of rotatable bonds is 2. The molecule has 0 spiro atoms. The van der Waals surface area contributed by atoms with Crippen LogP contribution in [0.5, 0.6) is 0 Å². The van der Waals surface area contributed by atoms with E-state index in [1.165, 1.54) is 11.1 Å². The summed E-state index contributed by atoms with van der Waals surface area (Å²) >= 11 is 0. The zero-order valence-corrected chi connectivity index (χ0v) is 9.04. The molecule has 1 aromatic heterocycles. The van der Waals surface area contributed by atoms with E-state index in [4.69, 9.17) is 0 Å². The lowest BCUT2D eigenvalue weighted by Crippen LogP contribution is -2.09. The van der Waals surface area contributed by atoms with Gasteiger partial charge in [0.15, 0.2) is 0 Å². The molecule has 0 amide bonds. The average molecular weight is 205 g/mol. The van der Waals surface area contributed by atoms with E-state index in [2.05, 4.69) is 11.9 Å². The Bertz CT molecular complexity index is 371. The molecular formula is C13H16FN. The van der Waals surface area contributed by atoms with E-state index in [-0.39, 0.29) is 5.83 Å². The summed E-state index contributed by atoms with van der Waals surface area (Å²) < 4.78 is 13.1. The fourth-order valence-corrected chi connectivity index (χ4v) is 2.13. The summed E-state index contributed by atoms with van der Waals surface area (Å²) in [6, 6.07) is 2.02. The second kappa shape index (κ2) is 4.56. The lowest BCUT2D eigenvalue weighted by Gasteiger charge is -2.19. The van der Waals surface area contributed by atoms with Gasteiger partial charge < -0.3 is 0 Å². The van der Waals surface area contributed by atoms with Gasteiger partial charge in [0.25, 0.3) is 0 Å². The van der Waals surface area contributed by atoms with Gasteiger partial charge in [0, 0.05) is 18.8 Å². The summed E-state index contributed by atoms with van der Waals surface area (Å²) in [7, 11) is 0. The van der Waals surface area contributed by atoms with Crippen LogP contribution < -0.4 is 0 Å². The Balaban J connectivity index is 2.03. The van der Waals surface area contributed by atoms with Crippen LogP contribution in [-0.2, 0) is 6.42 Å². The third-order valence-electron chi connectivity index (χ3n) is 3.08. The molecule has 2 heteroatoms. The Morgan fingerprint density at radius 1 is 1.53 bits per heavy atom. The molecule has 0 aromatic carbocycles. The largest absolute Gasteiger partial charge is 0.264 e. The van der Waals surface area contributed by atoms with Crippen molar-refractivity contribution in [2.24, 2.45) is 5.92 Å². The lowest BCUT2D eigenvalue weighted by atomic mass is 9.87. The molecule has 80 valence electrons. The molecule has 0 saturated heterocycles. The van der Waals surface area contributed by atoms with E-state index < -0.39 is 0 Å². The molecule has 0 aliphatic heterocycles. The van der Waals surface area contributed by atoms with Gasteiger partial charge >= 0.3 is 0 Å². The number of nitrogens with zero attached hydrogens (tertiary/aromatic N) is 1. The normalized spacial score (nSPS) is 21.2. The van der Waals surface area contributed by atoms with Crippen molar-refractivity contribution in [2.45, 2.75) is 32.6 Å². The van der Waals surface area contributed by atoms with E-state index in [9.17, 15) is 4.39 Å². The van der Waals surface area contributed by atoms with Gasteiger partial charge in [0.1, 0.15) is 0 Å². The smallest absolute Gasteiger partial charge is 0.0962 e. The second-order valence-electron chi connectivity index (χ2n) is 4.30. The predicted octanol–water partition coefficient (Wildman–Crippen LogP) is 3.59. The van der Waals surface area contributed by atoms with Crippen LogP contribution in [0.25, 0.3) is 0 Å². The number of aryl methyl sites for hydroxylation is 1.